The molecule has 0 aromatic carbocycles. The van der Waals surface area contributed by atoms with Crippen molar-refractivity contribution >= 4 is 15.9 Å². The van der Waals surface area contributed by atoms with E-state index in [0.717, 1.165) is 10.0 Å². The van der Waals surface area contributed by atoms with Gasteiger partial charge in [0, 0.05) is 36.2 Å². The number of hydrogen-bond donors (Lipinski definition) is 0. The largest absolute Gasteiger partial charge is 0.331 e. The number of halogens is 1. The van der Waals surface area contributed by atoms with Crippen LogP contribution in [0.15, 0.2) is 44.8 Å². The molecular formula is C11H10BrN3O2. The Balaban J connectivity index is 2.47. The van der Waals surface area contributed by atoms with E-state index in [0.29, 0.717) is 0 Å². The predicted molar refractivity (Wildman–Crippen MR) is 67.0 cm³/mol. The molecule has 0 saturated heterocycles. The molecule has 5 nitrogen and oxygen atoms in total. The Morgan fingerprint density at radius 3 is 2.82 bits per heavy atom. The zero-order chi connectivity index (χ0) is 12.4. The molecule has 0 bridgehead atoms. The van der Waals surface area contributed by atoms with Crippen LogP contribution < -0.4 is 11.2 Å². The third-order valence-corrected chi connectivity index (χ3v) is 2.78. The summed E-state index contributed by atoms with van der Waals surface area (Å²) in [5.41, 5.74) is 0.148. The Labute approximate surface area is 105 Å². The van der Waals surface area contributed by atoms with Crippen molar-refractivity contribution in [1.29, 1.82) is 0 Å². The maximum Gasteiger partial charge on any atom is 0.331 e. The average Bonchev–Trinajstić information content (AvgIpc) is 2.30. The normalized spacial score (nSPS) is 10.5. The molecule has 2 heterocycles. The molecule has 0 aliphatic rings. The van der Waals surface area contributed by atoms with Gasteiger partial charge in [0.05, 0.1) is 6.54 Å². The van der Waals surface area contributed by atoms with Gasteiger partial charge in [-0.05, 0) is 27.6 Å². The minimum absolute atomic E-state index is 0.221. The van der Waals surface area contributed by atoms with E-state index in [1.807, 2.05) is 6.07 Å². The van der Waals surface area contributed by atoms with Gasteiger partial charge < -0.3 is 4.57 Å². The monoisotopic (exact) mass is 295 g/mol. The Kier molecular flexibility index (Phi) is 3.23. The minimum atomic E-state index is -0.336. The molecule has 0 aliphatic carbocycles. The van der Waals surface area contributed by atoms with Crippen LogP contribution in [0, 0.1) is 0 Å². The van der Waals surface area contributed by atoms with Crippen molar-refractivity contribution in [2.75, 3.05) is 0 Å². The highest BCUT2D eigenvalue weighted by atomic mass is 79.9. The molecule has 17 heavy (non-hydrogen) atoms. The van der Waals surface area contributed by atoms with Gasteiger partial charge in [-0.3, -0.25) is 14.3 Å². The summed E-state index contributed by atoms with van der Waals surface area (Å²) in [7, 11) is 1.61. The second-order valence-electron chi connectivity index (χ2n) is 3.65. The van der Waals surface area contributed by atoms with Crippen LogP contribution in [-0.2, 0) is 13.6 Å². The molecule has 6 heteroatoms. The van der Waals surface area contributed by atoms with Gasteiger partial charge in [0.25, 0.3) is 5.56 Å². The average molecular weight is 296 g/mol. The fourth-order valence-electron chi connectivity index (χ4n) is 1.48. The van der Waals surface area contributed by atoms with Gasteiger partial charge in [-0.2, -0.15) is 0 Å². The minimum Gasteiger partial charge on any atom is -0.303 e. The van der Waals surface area contributed by atoms with Gasteiger partial charge in [-0.15, -0.1) is 0 Å². The van der Waals surface area contributed by atoms with Crippen LogP contribution in [0.2, 0.25) is 0 Å². The molecule has 0 spiro atoms. The zero-order valence-corrected chi connectivity index (χ0v) is 10.7. The third kappa shape index (κ3) is 2.52. The summed E-state index contributed by atoms with van der Waals surface area (Å²) >= 11 is 3.29. The Bertz CT molecular complexity index is 660. The summed E-state index contributed by atoms with van der Waals surface area (Å²) in [6, 6.07) is 3.19. The molecule has 0 unspecified atom stereocenters. The summed E-state index contributed by atoms with van der Waals surface area (Å²) in [6.07, 6.45) is 4.74. The molecule has 0 saturated carbocycles. The van der Waals surface area contributed by atoms with Crippen LogP contribution >= 0.6 is 15.9 Å². The maximum atomic E-state index is 11.8. The predicted octanol–water partition coefficient (Wildman–Crippen LogP) is 0.753. The molecule has 0 radical (unpaired) electrons. The highest BCUT2D eigenvalue weighted by Crippen LogP contribution is 2.09. The lowest BCUT2D eigenvalue weighted by atomic mass is 10.3. The Morgan fingerprint density at radius 2 is 2.12 bits per heavy atom. The van der Waals surface area contributed by atoms with Crippen LogP contribution in [0.5, 0.6) is 0 Å². The first-order valence-corrected chi connectivity index (χ1v) is 5.73. The van der Waals surface area contributed by atoms with E-state index in [9.17, 15) is 9.59 Å². The number of aryl methyl sites for hydroxylation is 1. The van der Waals surface area contributed by atoms with E-state index in [1.165, 1.54) is 21.4 Å². The van der Waals surface area contributed by atoms with Gasteiger partial charge in [0.2, 0.25) is 0 Å². The summed E-state index contributed by atoms with van der Waals surface area (Å²) in [6.45, 7) is 0.221. The molecule has 2 rings (SSSR count). The number of pyridine rings is 1. The van der Waals surface area contributed by atoms with E-state index >= 15 is 0 Å². The van der Waals surface area contributed by atoms with Crippen molar-refractivity contribution in [3.05, 3.63) is 61.6 Å². The fourth-order valence-corrected chi connectivity index (χ4v) is 1.90. The number of hydrogen-bond acceptors (Lipinski definition) is 3. The molecule has 0 amide bonds. The molecule has 0 atom stereocenters. The van der Waals surface area contributed by atoms with Crippen molar-refractivity contribution < 1.29 is 0 Å². The van der Waals surface area contributed by atoms with Gasteiger partial charge in [0.15, 0.2) is 0 Å². The SMILES string of the molecule is Cn1ccc(=O)n(Cc2cncc(Br)c2)c1=O. The number of nitrogens with zero attached hydrogens (tertiary/aromatic N) is 3. The van der Waals surface area contributed by atoms with E-state index in [2.05, 4.69) is 20.9 Å². The van der Waals surface area contributed by atoms with Crippen molar-refractivity contribution in [2.45, 2.75) is 6.54 Å². The molecule has 88 valence electrons. The van der Waals surface area contributed by atoms with Crippen LogP contribution in [0.25, 0.3) is 0 Å². The van der Waals surface area contributed by atoms with Crippen LogP contribution in [0.1, 0.15) is 5.56 Å². The lowest BCUT2D eigenvalue weighted by Gasteiger charge is -2.06. The molecule has 0 N–H and O–H groups in total. The number of rotatable bonds is 2. The topological polar surface area (TPSA) is 56.9 Å². The lowest BCUT2D eigenvalue weighted by Crippen LogP contribution is -2.38. The molecular weight excluding hydrogens is 286 g/mol. The quantitative estimate of drug-likeness (QED) is 0.822. The fraction of sp³-hybridized carbons (Fsp3) is 0.182. The van der Waals surface area contributed by atoms with Crippen molar-refractivity contribution in [3.63, 3.8) is 0 Å². The van der Waals surface area contributed by atoms with Gasteiger partial charge in [-0.25, -0.2) is 4.79 Å². The lowest BCUT2D eigenvalue weighted by molar-refractivity contribution is 0.638. The van der Waals surface area contributed by atoms with Crippen molar-refractivity contribution in [2.24, 2.45) is 7.05 Å². The van der Waals surface area contributed by atoms with E-state index < -0.39 is 0 Å². The smallest absolute Gasteiger partial charge is 0.303 e. The van der Waals surface area contributed by atoms with Gasteiger partial charge in [-0.1, -0.05) is 0 Å². The second-order valence-corrected chi connectivity index (χ2v) is 4.56. The Hall–Kier alpha value is -1.69. The number of aromatic nitrogens is 3. The summed E-state index contributed by atoms with van der Waals surface area (Å²) < 4.78 is 3.35. The summed E-state index contributed by atoms with van der Waals surface area (Å²) in [5, 5.41) is 0. The van der Waals surface area contributed by atoms with Crippen LogP contribution in [0.4, 0.5) is 0 Å². The first-order valence-electron chi connectivity index (χ1n) is 4.94. The summed E-state index contributed by atoms with van der Waals surface area (Å²) in [5.74, 6) is 0. The van der Waals surface area contributed by atoms with Gasteiger partial charge in [0.1, 0.15) is 0 Å². The standard InChI is InChI=1S/C11H10BrN3O2/c1-14-3-2-10(16)15(11(14)17)7-8-4-9(12)6-13-5-8/h2-6H,7H2,1H3. The van der Waals surface area contributed by atoms with Crippen LogP contribution in [0.3, 0.4) is 0 Å². The summed E-state index contributed by atoms with van der Waals surface area (Å²) in [4.78, 5) is 27.4. The Morgan fingerprint density at radius 1 is 1.35 bits per heavy atom. The molecule has 2 aromatic heterocycles. The third-order valence-electron chi connectivity index (χ3n) is 2.34. The first-order chi connectivity index (χ1) is 8.08. The van der Waals surface area contributed by atoms with Crippen LogP contribution in [-0.4, -0.2) is 14.1 Å². The van der Waals surface area contributed by atoms with Crippen molar-refractivity contribution in [3.8, 4) is 0 Å². The van der Waals surface area contributed by atoms with E-state index in [4.69, 9.17) is 0 Å². The van der Waals surface area contributed by atoms with E-state index in [-0.39, 0.29) is 17.8 Å². The molecule has 2 aromatic rings. The molecule has 0 fully saturated rings. The molecule has 0 aliphatic heterocycles. The maximum absolute atomic E-state index is 11.8. The van der Waals surface area contributed by atoms with Gasteiger partial charge >= 0.3 is 5.69 Å². The van der Waals surface area contributed by atoms with E-state index in [1.54, 1.807) is 19.4 Å². The zero-order valence-electron chi connectivity index (χ0n) is 9.13. The second kappa shape index (κ2) is 4.67. The first kappa shape index (κ1) is 11.8. The highest BCUT2D eigenvalue weighted by Gasteiger charge is 2.04. The van der Waals surface area contributed by atoms with Crippen molar-refractivity contribution in [1.82, 2.24) is 14.1 Å². The highest BCUT2D eigenvalue weighted by molar-refractivity contribution is 9.10.